The maximum Gasteiger partial charge on any atom is 0.241 e. The van der Waals surface area contributed by atoms with Crippen LogP contribution >= 0.6 is 0 Å². The molecule has 0 unspecified atom stereocenters. The van der Waals surface area contributed by atoms with E-state index in [1.165, 1.54) is 0 Å². The fourth-order valence-corrected chi connectivity index (χ4v) is 1.80. The first kappa shape index (κ1) is 10.8. The van der Waals surface area contributed by atoms with E-state index in [0.29, 0.717) is 5.56 Å². The number of hydrogen-bond acceptors (Lipinski definition) is 3. The van der Waals surface area contributed by atoms with Gasteiger partial charge in [0.15, 0.2) is 0 Å². The Kier molecular flexibility index (Phi) is 3.01. The molecular weight excluding hydrogens is 204 g/mol. The summed E-state index contributed by atoms with van der Waals surface area (Å²) in [5.41, 5.74) is 1.50. The number of nitrogens with one attached hydrogen (secondary N) is 2. The summed E-state index contributed by atoms with van der Waals surface area (Å²) in [4.78, 5) is 22.2. The molecule has 2 N–H and O–H groups in total. The molecule has 0 spiro atoms. The normalized spacial score (nSPS) is 24.9. The standard InChI is InChI=1S/C12H14N2O2/c1-8-6-13-11(12(16)14-8)10-4-2-9(7-15)3-5-10/h2-5,7-8,11,13H,6H2,1H3,(H,14,16)/t8-,11-/m0/s1. The van der Waals surface area contributed by atoms with Crippen LogP contribution in [0, 0.1) is 0 Å². The van der Waals surface area contributed by atoms with Crippen LogP contribution in [-0.4, -0.2) is 24.8 Å². The van der Waals surface area contributed by atoms with Gasteiger partial charge in [0.2, 0.25) is 5.91 Å². The third-order valence-corrected chi connectivity index (χ3v) is 2.68. The van der Waals surface area contributed by atoms with Gasteiger partial charge in [-0.15, -0.1) is 0 Å². The zero-order valence-electron chi connectivity index (χ0n) is 9.07. The van der Waals surface area contributed by atoms with Gasteiger partial charge in [-0.2, -0.15) is 0 Å². The predicted octanol–water partition coefficient (Wildman–Crippen LogP) is 0.648. The van der Waals surface area contributed by atoms with Crippen molar-refractivity contribution in [2.45, 2.75) is 19.0 Å². The Bertz CT molecular complexity index is 400. The number of rotatable bonds is 2. The molecule has 16 heavy (non-hydrogen) atoms. The second-order valence-electron chi connectivity index (χ2n) is 4.04. The molecule has 1 aliphatic heterocycles. The van der Waals surface area contributed by atoms with Crippen molar-refractivity contribution < 1.29 is 9.59 Å². The predicted molar refractivity (Wildman–Crippen MR) is 60.2 cm³/mol. The fraction of sp³-hybridized carbons (Fsp3) is 0.333. The van der Waals surface area contributed by atoms with E-state index in [0.717, 1.165) is 18.4 Å². The third-order valence-electron chi connectivity index (χ3n) is 2.68. The van der Waals surface area contributed by atoms with Crippen molar-refractivity contribution in [3.63, 3.8) is 0 Å². The van der Waals surface area contributed by atoms with E-state index < -0.39 is 0 Å². The molecule has 1 aromatic carbocycles. The highest BCUT2D eigenvalue weighted by Gasteiger charge is 2.26. The SMILES string of the molecule is C[C@H]1CN[C@@H](c2ccc(C=O)cc2)C(=O)N1. The van der Waals surface area contributed by atoms with Crippen molar-refractivity contribution in [3.8, 4) is 0 Å². The van der Waals surface area contributed by atoms with Crippen LogP contribution in [0.5, 0.6) is 0 Å². The van der Waals surface area contributed by atoms with Crippen LogP contribution in [0.15, 0.2) is 24.3 Å². The molecule has 0 bridgehead atoms. The minimum Gasteiger partial charge on any atom is -0.351 e. The van der Waals surface area contributed by atoms with Crippen LogP contribution < -0.4 is 10.6 Å². The molecule has 0 aromatic heterocycles. The minimum atomic E-state index is -0.308. The van der Waals surface area contributed by atoms with Gasteiger partial charge in [0.25, 0.3) is 0 Å². The van der Waals surface area contributed by atoms with Crippen LogP contribution in [0.1, 0.15) is 28.9 Å². The van der Waals surface area contributed by atoms with E-state index >= 15 is 0 Å². The first-order valence-corrected chi connectivity index (χ1v) is 5.29. The van der Waals surface area contributed by atoms with Crippen LogP contribution in [0.3, 0.4) is 0 Å². The van der Waals surface area contributed by atoms with Crippen molar-refractivity contribution in [2.75, 3.05) is 6.54 Å². The number of aldehydes is 1. The van der Waals surface area contributed by atoms with Crippen molar-refractivity contribution >= 4 is 12.2 Å². The van der Waals surface area contributed by atoms with Gasteiger partial charge in [-0.25, -0.2) is 0 Å². The molecule has 0 radical (unpaired) electrons. The summed E-state index contributed by atoms with van der Waals surface area (Å²) in [5, 5.41) is 6.06. The zero-order chi connectivity index (χ0) is 11.5. The van der Waals surface area contributed by atoms with Crippen LogP contribution in [-0.2, 0) is 4.79 Å². The summed E-state index contributed by atoms with van der Waals surface area (Å²) in [6.07, 6.45) is 0.792. The third kappa shape index (κ3) is 2.12. The van der Waals surface area contributed by atoms with Crippen molar-refractivity contribution in [1.82, 2.24) is 10.6 Å². The van der Waals surface area contributed by atoms with Crippen molar-refractivity contribution in [3.05, 3.63) is 35.4 Å². The van der Waals surface area contributed by atoms with Gasteiger partial charge < -0.3 is 10.6 Å². The molecule has 2 rings (SSSR count). The molecular formula is C12H14N2O2. The van der Waals surface area contributed by atoms with Crippen molar-refractivity contribution in [2.24, 2.45) is 0 Å². The lowest BCUT2D eigenvalue weighted by Gasteiger charge is -2.28. The molecule has 4 heteroatoms. The minimum absolute atomic E-state index is 0.0161. The molecule has 1 saturated heterocycles. The van der Waals surface area contributed by atoms with Crippen LogP contribution in [0.2, 0.25) is 0 Å². The Labute approximate surface area is 94.0 Å². The maximum atomic E-state index is 11.7. The monoisotopic (exact) mass is 218 g/mol. The summed E-state index contributed by atoms with van der Waals surface area (Å²) in [7, 11) is 0. The van der Waals surface area contributed by atoms with Gasteiger partial charge in [0.05, 0.1) is 0 Å². The molecule has 0 saturated carbocycles. The largest absolute Gasteiger partial charge is 0.351 e. The molecule has 1 fully saturated rings. The maximum absolute atomic E-state index is 11.7. The molecule has 2 atom stereocenters. The van der Waals surface area contributed by atoms with Gasteiger partial charge in [-0.05, 0) is 12.5 Å². The summed E-state index contributed by atoms with van der Waals surface area (Å²) < 4.78 is 0. The summed E-state index contributed by atoms with van der Waals surface area (Å²) in [6, 6.07) is 6.90. The van der Waals surface area contributed by atoms with Gasteiger partial charge in [-0.1, -0.05) is 24.3 Å². The molecule has 1 heterocycles. The Hall–Kier alpha value is -1.68. The Morgan fingerprint density at radius 2 is 2.00 bits per heavy atom. The number of benzene rings is 1. The van der Waals surface area contributed by atoms with E-state index in [4.69, 9.17) is 0 Å². The number of amides is 1. The average Bonchev–Trinajstić information content (AvgIpc) is 2.29. The summed E-state index contributed by atoms with van der Waals surface area (Å²) in [5.74, 6) is -0.0161. The van der Waals surface area contributed by atoms with Gasteiger partial charge in [0, 0.05) is 18.2 Å². The highest BCUT2D eigenvalue weighted by molar-refractivity contribution is 5.84. The van der Waals surface area contributed by atoms with E-state index in [-0.39, 0.29) is 18.0 Å². The lowest BCUT2D eigenvalue weighted by molar-refractivity contribution is -0.125. The summed E-state index contributed by atoms with van der Waals surface area (Å²) >= 11 is 0. The van der Waals surface area contributed by atoms with Crippen LogP contribution in [0.4, 0.5) is 0 Å². The highest BCUT2D eigenvalue weighted by atomic mass is 16.2. The van der Waals surface area contributed by atoms with Crippen LogP contribution in [0.25, 0.3) is 0 Å². The Morgan fingerprint density at radius 1 is 1.31 bits per heavy atom. The number of hydrogen-bond donors (Lipinski definition) is 2. The summed E-state index contributed by atoms with van der Waals surface area (Å²) in [6.45, 7) is 2.71. The highest BCUT2D eigenvalue weighted by Crippen LogP contribution is 2.16. The van der Waals surface area contributed by atoms with E-state index in [9.17, 15) is 9.59 Å². The lowest BCUT2D eigenvalue weighted by Crippen LogP contribution is -2.52. The number of piperazine rings is 1. The zero-order valence-corrected chi connectivity index (χ0v) is 9.07. The number of carbonyl (C=O) groups is 2. The smallest absolute Gasteiger partial charge is 0.241 e. The topological polar surface area (TPSA) is 58.2 Å². The van der Waals surface area contributed by atoms with Crippen molar-refractivity contribution in [1.29, 1.82) is 0 Å². The Morgan fingerprint density at radius 3 is 2.56 bits per heavy atom. The first-order chi connectivity index (χ1) is 7.70. The van der Waals surface area contributed by atoms with Gasteiger partial charge >= 0.3 is 0 Å². The van der Waals surface area contributed by atoms with Gasteiger partial charge in [0.1, 0.15) is 12.3 Å². The second-order valence-corrected chi connectivity index (χ2v) is 4.04. The van der Waals surface area contributed by atoms with E-state index in [1.54, 1.807) is 24.3 Å². The quantitative estimate of drug-likeness (QED) is 0.716. The fourth-order valence-electron chi connectivity index (χ4n) is 1.80. The molecule has 4 nitrogen and oxygen atoms in total. The molecule has 1 aliphatic rings. The molecule has 1 aromatic rings. The molecule has 84 valence electrons. The molecule has 0 aliphatic carbocycles. The number of carbonyl (C=O) groups excluding carboxylic acids is 2. The molecule has 1 amide bonds. The van der Waals surface area contributed by atoms with E-state index in [1.807, 2.05) is 6.92 Å². The Balaban J connectivity index is 2.17. The lowest BCUT2D eigenvalue weighted by atomic mass is 10.0. The second kappa shape index (κ2) is 4.45. The average molecular weight is 218 g/mol. The first-order valence-electron chi connectivity index (χ1n) is 5.29. The van der Waals surface area contributed by atoms with E-state index in [2.05, 4.69) is 10.6 Å². The van der Waals surface area contributed by atoms with Gasteiger partial charge in [-0.3, -0.25) is 9.59 Å².